The molecule has 1 N–H and O–H groups in total. The highest BCUT2D eigenvalue weighted by Crippen LogP contribution is 2.63. The molecule has 0 saturated carbocycles. The zero-order valence-electron chi connectivity index (χ0n) is 22.8. The fourth-order valence-electron chi connectivity index (χ4n) is 7.80. The molecule has 4 aliphatic rings. The van der Waals surface area contributed by atoms with Gasteiger partial charge >= 0.3 is 0 Å². The molecule has 1 saturated heterocycles. The molecule has 6 aromatic rings. The summed E-state index contributed by atoms with van der Waals surface area (Å²) in [7, 11) is 0. The molecule has 0 radical (unpaired) electrons. The maximum atomic E-state index is 14.8. The normalized spacial score (nSPS) is 23.6. The van der Waals surface area contributed by atoms with Crippen molar-refractivity contribution in [3.63, 3.8) is 0 Å². The molecule has 2 bridgehead atoms. The van der Waals surface area contributed by atoms with Crippen LogP contribution < -0.4 is 10.3 Å². The third kappa shape index (κ3) is 3.22. The van der Waals surface area contributed by atoms with Crippen LogP contribution in [0.25, 0.3) is 21.0 Å². The Kier molecular flexibility index (Phi) is 5.08. The number of anilines is 2. The van der Waals surface area contributed by atoms with Gasteiger partial charge in [0.05, 0.1) is 33.2 Å². The molecule has 206 valence electrons. The van der Waals surface area contributed by atoms with Crippen molar-refractivity contribution in [1.82, 2.24) is 4.98 Å². The Balaban J connectivity index is 1.25. The molecule has 5 aromatic carbocycles. The summed E-state index contributed by atoms with van der Waals surface area (Å²) >= 11 is 1.53. The lowest BCUT2D eigenvalue weighted by Crippen LogP contribution is -2.54. The van der Waals surface area contributed by atoms with Crippen molar-refractivity contribution >= 4 is 61.2 Å². The van der Waals surface area contributed by atoms with Crippen molar-refractivity contribution in [2.75, 3.05) is 10.3 Å². The maximum absolute atomic E-state index is 14.8. The number of thiazole rings is 1. The lowest BCUT2D eigenvalue weighted by molar-refractivity contribution is -0.122. The fraction of sp³-hybridized carbons (Fsp3) is 0.111. The topological polar surface area (TPSA) is 74.7 Å². The van der Waals surface area contributed by atoms with Crippen molar-refractivity contribution in [1.29, 1.82) is 0 Å². The molecular formula is C36H24N4O2S. The quantitative estimate of drug-likeness (QED) is 0.138. The number of imide groups is 1. The van der Waals surface area contributed by atoms with Crippen molar-refractivity contribution in [3.8, 4) is 0 Å². The summed E-state index contributed by atoms with van der Waals surface area (Å²) in [6, 6.07) is 38.1. The van der Waals surface area contributed by atoms with Crippen LogP contribution in [0.3, 0.4) is 0 Å². The predicted octanol–water partition coefficient (Wildman–Crippen LogP) is 7.10. The number of hydrazone groups is 1. The van der Waals surface area contributed by atoms with Crippen LogP contribution in [0.4, 0.5) is 10.8 Å². The maximum Gasteiger partial charge on any atom is 0.239 e. The fourth-order valence-corrected chi connectivity index (χ4v) is 8.62. The first-order valence-electron chi connectivity index (χ1n) is 14.4. The van der Waals surface area contributed by atoms with Gasteiger partial charge < -0.3 is 0 Å². The molecule has 6 nitrogen and oxygen atoms in total. The van der Waals surface area contributed by atoms with E-state index in [2.05, 4.69) is 34.7 Å². The van der Waals surface area contributed by atoms with Gasteiger partial charge in [0, 0.05) is 17.5 Å². The Labute approximate surface area is 251 Å². The summed E-state index contributed by atoms with van der Waals surface area (Å²) in [5.74, 6) is -1.76. The van der Waals surface area contributed by atoms with Crippen LogP contribution in [-0.4, -0.2) is 23.0 Å². The van der Waals surface area contributed by atoms with Crippen molar-refractivity contribution in [2.24, 2.45) is 16.9 Å². The predicted molar refractivity (Wildman–Crippen MR) is 171 cm³/mol. The Bertz CT molecular complexity index is 2080. The van der Waals surface area contributed by atoms with E-state index in [1.807, 2.05) is 97.2 Å². The van der Waals surface area contributed by atoms with Crippen LogP contribution in [0.5, 0.6) is 0 Å². The highest BCUT2D eigenvalue weighted by Gasteiger charge is 2.68. The van der Waals surface area contributed by atoms with E-state index in [9.17, 15) is 9.59 Å². The number of carbonyl (C=O) groups excluding carboxylic acids is 2. The number of amides is 2. The van der Waals surface area contributed by atoms with E-state index in [4.69, 9.17) is 5.10 Å². The zero-order chi connectivity index (χ0) is 28.7. The Morgan fingerprint density at radius 2 is 1.44 bits per heavy atom. The third-order valence-corrected chi connectivity index (χ3v) is 10.4. The van der Waals surface area contributed by atoms with E-state index >= 15 is 0 Å². The summed E-state index contributed by atoms with van der Waals surface area (Å²) in [6.07, 6.45) is 1.86. The first-order chi connectivity index (χ1) is 21.2. The molecule has 7 heteroatoms. The number of benzene rings is 5. The molecule has 10 rings (SSSR count). The highest BCUT2D eigenvalue weighted by molar-refractivity contribution is 7.22. The van der Waals surface area contributed by atoms with Crippen LogP contribution in [0.1, 0.15) is 28.2 Å². The van der Waals surface area contributed by atoms with Crippen LogP contribution in [-0.2, 0) is 15.0 Å². The SMILES string of the molecule is O=C1C2C3c4ccccc4C(/C=N/Nc4nc5ccccc5s4)(c4ccccc43)C2C(=O)N1c1cccc2ccccc12. The standard InChI is InChI=1S/C36H24N4O2S/c41-33-31-30-23-13-3-5-15-25(23)36(26-16-6-4-14-24(26)30,20-37-39-35-38-27-17-7-8-19-29(27)43-35)32(31)34(42)40(33)28-18-9-11-21-10-1-2-12-22(21)28/h1-20,30-32H,(H,38,39)/b37-20+. The van der Waals surface area contributed by atoms with Crippen LogP contribution in [0.15, 0.2) is 120 Å². The second-order valence-corrected chi connectivity index (χ2v) is 12.4. The van der Waals surface area contributed by atoms with Gasteiger partial charge in [-0.2, -0.15) is 5.10 Å². The molecule has 0 spiro atoms. The first kappa shape index (κ1) is 24.5. The van der Waals surface area contributed by atoms with Crippen LogP contribution >= 0.6 is 11.3 Å². The van der Waals surface area contributed by atoms with E-state index in [1.54, 1.807) is 0 Å². The molecule has 3 aliphatic carbocycles. The van der Waals surface area contributed by atoms with Gasteiger partial charge in [-0.05, 0) is 45.8 Å². The van der Waals surface area contributed by atoms with E-state index in [1.165, 1.54) is 16.2 Å². The summed E-state index contributed by atoms with van der Waals surface area (Å²) in [5, 5.41) is 7.32. The largest absolute Gasteiger partial charge is 0.274 e. The summed E-state index contributed by atoms with van der Waals surface area (Å²) in [4.78, 5) is 35.5. The summed E-state index contributed by atoms with van der Waals surface area (Å²) in [6.45, 7) is 0. The lowest BCUT2D eigenvalue weighted by Gasteiger charge is -2.52. The number of nitrogens with one attached hydrogen (secondary N) is 1. The molecule has 43 heavy (non-hydrogen) atoms. The Hall–Kier alpha value is -5.14. The molecule has 2 unspecified atom stereocenters. The van der Waals surface area contributed by atoms with Crippen molar-refractivity contribution in [3.05, 3.63) is 138 Å². The minimum Gasteiger partial charge on any atom is -0.274 e. The van der Waals surface area contributed by atoms with Crippen molar-refractivity contribution in [2.45, 2.75) is 11.3 Å². The molecule has 1 fully saturated rings. The average Bonchev–Trinajstić information content (AvgIpc) is 3.59. The number of rotatable bonds is 4. The van der Waals surface area contributed by atoms with Gasteiger partial charge in [0.1, 0.15) is 0 Å². The highest BCUT2D eigenvalue weighted by atomic mass is 32.1. The number of hydrogen-bond donors (Lipinski definition) is 1. The minimum atomic E-state index is -0.942. The number of aromatic nitrogens is 1. The summed E-state index contributed by atoms with van der Waals surface area (Å²) in [5.41, 5.74) is 7.96. The molecule has 1 aliphatic heterocycles. The van der Waals surface area contributed by atoms with Gasteiger partial charge in [-0.3, -0.25) is 15.0 Å². The number of carbonyl (C=O) groups is 2. The Morgan fingerprint density at radius 3 is 2.23 bits per heavy atom. The van der Waals surface area contributed by atoms with Crippen LogP contribution in [0.2, 0.25) is 0 Å². The zero-order valence-corrected chi connectivity index (χ0v) is 23.7. The van der Waals surface area contributed by atoms with E-state index in [0.29, 0.717) is 10.8 Å². The first-order valence-corrected chi connectivity index (χ1v) is 15.2. The van der Waals surface area contributed by atoms with E-state index < -0.39 is 17.3 Å². The van der Waals surface area contributed by atoms with E-state index in [0.717, 1.165) is 43.2 Å². The second kappa shape index (κ2) is 8.93. The molecule has 2 amide bonds. The molecular weight excluding hydrogens is 552 g/mol. The van der Waals surface area contributed by atoms with E-state index in [-0.39, 0.29) is 17.7 Å². The van der Waals surface area contributed by atoms with Gasteiger partial charge in [-0.15, -0.1) is 0 Å². The summed E-state index contributed by atoms with van der Waals surface area (Å²) < 4.78 is 1.06. The van der Waals surface area contributed by atoms with Crippen molar-refractivity contribution < 1.29 is 9.59 Å². The van der Waals surface area contributed by atoms with Gasteiger partial charge in [0.15, 0.2) is 0 Å². The third-order valence-electron chi connectivity index (χ3n) is 9.41. The van der Waals surface area contributed by atoms with Crippen LogP contribution in [0, 0.1) is 11.8 Å². The number of para-hydroxylation sites is 1. The van der Waals surface area contributed by atoms with Gasteiger partial charge in [0.25, 0.3) is 0 Å². The monoisotopic (exact) mass is 576 g/mol. The number of hydrogen-bond acceptors (Lipinski definition) is 6. The molecule has 2 atom stereocenters. The second-order valence-electron chi connectivity index (χ2n) is 11.4. The minimum absolute atomic E-state index is 0.155. The van der Waals surface area contributed by atoms with Gasteiger partial charge in [0.2, 0.25) is 16.9 Å². The lowest BCUT2D eigenvalue weighted by atomic mass is 9.47. The van der Waals surface area contributed by atoms with Gasteiger partial charge in [-0.25, -0.2) is 9.88 Å². The molecule has 1 aromatic heterocycles. The number of fused-ring (bicyclic) bond motifs is 2. The average molecular weight is 577 g/mol. The Morgan fingerprint density at radius 1 is 0.767 bits per heavy atom. The number of nitrogens with zero attached hydrogens (tertiary/aromatic N) is 3. The molecule has 2 heterocycles. The smallest absolute Gasteiger partial charge is 0.239 e. The van der Waals surface area contributed by atoms with Gasteiger partial charge in [-0.1, -0.05) is 108 Å².